The van der Waals surface area contributed by atoms with E-state index in [1.54, 1.807) is 6.07 Å². The summed E-state index contributed by atoms with van der Waals surface area (Å²) in [5.41, 5.74) is 0.837. The van der Waals surface area contributed by atoms with E-state index in [9.17, 15) is 9.18 Å². The van der Waals surface area contributed by atoms with Crippen molar-refractivity contribution in [2.24, 2.45) is 5.92 Å². The molecule has 0 atom stereocenters. The van der Waals surface area contributed by atoms with Gasteiger partial charge in [-0.1, -0.05) is 6.07 Å². The molecule has 86 valence electrons. The van der Waals surface area contributed by atoms with Crippen LogP contribution in [0.2, 0.25) is 0 Å². The van der Waals surface area contributed by atoms with Crippen LogP contribution in [0.4, 0.5) is 4.39 Å². The van der Waals surface area contributed by atoms with E-state index in [1.165, 1.54) is 6.07 Å². The Morgan fingerprint density at radius 3 is 2.88 bits per heavy atom. The average Bonchev–Trinajstić information content (AvgIpc) is 3.07. The molecule has 0 bridgehead atoms. The van der Waals surface area contributed by atoms with Gasteiger partial charge in [0.05, 0.1) is 17.0 Å². The second-order valence-electron chi connectivity index (χ2n) is 3.94. The molecule has 16 heavy (non-hydrogen) atoms. The van der Waals surface area contributed by atoms with Gasteiger partial charge in [0.1, 0.15) is 5.82 Å². The summed E-state index contributed by atoms with van der Waals surface area (Å²) in [4.78, 5) is 11.2. The monoisotopic (exact) mass is 286 g/mol. The Morgan fingerprint density at radius 2 is 2.25 bits per heavy atom. The predicted molar refractivity (Wildman–Crippen MR) is 61.5 cm³/mol. The lowest BCUT2D eigenvalue weighted by Gasteiger charge is -2.04. The van der Waals surface area contributed by atoms with Crippen LogP contribution >= 0.6 is 15.9 Å². The molecule has 1 fully saturated rings. The Bertz CT molecular complexity index is 402. The molecule has 2 rings (SSSR count). The Labute approximate surface area is 102 Å². The summed E-state index contributed by atoms with van der Waals surface area (Å²) < 4.78 is 18.7. The fourth-order valence-corrected chi connectivity index (χ4v) is 1.65. The highest BCUT2D eigenvalue weighted by atomic mass is 79.9. The lowest BCUT2D eigenvalue weighted by molar-refractivity contribution is -0.145. The zero-order chi connectivity index (χ0) is 11.5. The van der Waals surface area contributed by atoms with Crippen LogP contribution in [-0.2, 0) is 16.0 Å². The van der Waals surface area contributed by atoms with Gasteiger partial charge in [0.15, 0.2) is 0 Å². The zero-order valence-corrected chi connectivity index (χ0v) is 10.3. The molecule has 1 saturated carbocycles. The maximum Gasteiger partial charge on any atom is 0.308 e. The van der Waals surface area contributed by atoms with Gasteiger partial charge in [0.25, 0.3) is 0 Å². The van der Waals surface area contributed by atoms with Crippen LogP contribution in [-0.4, -0.2) is 12.6 Å². The highest BCUT2D eigenvalue weighted by molar-refractivity contribution is 9.10. The molecule has 0 N–H and O–H groups in total. The standard InChI is InChI=1S/C12H12BrFO2/c13-10-4-1-8(7-11(10)14)5-6-16-12(15)9-2-3-9/h1,4,7,9H,2-3,5-6H2. The number of esters is 1. The first-order chi connectivity index (χ1) is 7.66. The van der Waals surface area contributed by atoms with Gasteiger partial charge in [-0.3, -0.25) is 4.79 Å². The molecule has 0 radical (unpaired) electrons. The van der Waals surface area contributed by atoms with Crippen molar-refractivity contribution in [2.45, 2.75) is 19.3 Å². The molecule has 1 aliphatic rings. The van der Waals surface area contributed by atoms with Crippen molar-refractivity contribution in [1.29, 1.82) is 0 Å². The normalized spacial score (nSPS) is 14.9. The molecular weight excluding hydrogens is 275 g/mol. The maximum atomic E-state index is 13.1. The van der Waals surface area contributed by atoms with Crippen molar-refractivity contribution in [3.63, 3.8) is 0 Å². The van der Waals surface area contributed by atoms with Crippen molar-refractivity contribution < 1.29 is 13.9 Å². The van der Waals surface area contributed by atoms with Gasteiger partial charge in [-0.2, -0.15) is 0 Å². The fraction of sp³-hybridized carbons (Fsp3) is 0.417. The summed E-state index contributed by atoms with van der Waals surface area (Å²) >= 11 is 3.09. The topological polar surface area (TPSA) is 26.3 Å². The third-order valence-corrected chi connectivity index (χ3v) is 3.17. The molecule has 1 aromatic rings. The lowest BCUT2D eigenvalue weighted by atomic mass is 10.1. The molecule has 0 unspecified atom stereocenters. The van der Waals surface area contributed by atoms with Crippen molar-refractivity contribution >= 4 is 21.9 Å². The number of ether oxygens (including phenoxy) is 1. The summed E-state index contributed by atoms with van der Waals surface area (Å²) in [6.07, 6.45) is 2.46. The second-order valence-corrected chi connectivity index (χ2v) is 4.79. The van der Waals surface area contributed by atoms with Gasteiger partial charge in [0, 0.05) is 6.42 Å². The molecule has 0 heterocycles. The minimum Gasteiger partial charge on any atom is -0.465 e. The number of hydrogen-bond acceptors (Lipinski definition) is 2. The van der Waals surface area contributed by atoms with Crippen LogP contribution in [0.1, 0.15) is 18.4 Å². The van der Waals surface area contributed by atoms with Gasteiger partial charge in [-0.05, 0) is 46.5 Å². The van der Waals surface area contributed by atoms with Crippen LogP contribution < -0.4 is 0 Å². The minimum absolute atomic E-state index is 0.113. The average molecular weight is 287 g/mol. The van der Waals surface area contributed by atoms with E-state index in [2.05, 4.69) is 15.9 Å². The highest BCUT2D eigenvalue weighted by Gasteiger charge is 2.30. The lowest BCUT2D eigenvalue weighted by Crippen LogP contribution is -2.09. The van der Waals surface area contributed by atoms with Crippen LogP contribution in [0, 0.1) is 11.7 Å². The molecule has 0 spiro atoms. The summed E-state index contributed by atoms with van der Waals surface area (Å²) in [5.74, 6) is -0.273. The number of carbonyl (C=O) groups excluding carboxylic acids is 1. The van der Waals surface area contributed by atoms with Crippen LogP contribution in [0.15, 0.2) is 22.7 Å². The first-order valence-corrected chi connectivity index (χ1v) is 6.06. The number of rotatable bonds is 4. The first kappa shape index (κ1) is 11.6. The Kier molecular flexibility index (Phi) is 3.59. The van der Waals surface area contributed by atoms with Crippen LogP contribution in [0.25, 0.3) is 0 Å². The molecule has 1 aromatic carbocycles. The molecule has 1 aliphatic carbocycles. The quantitative estimate of drug-likeness (QED) is 0.795. The molecule has 2 nitrogen and oxygen atoms in total. The number of hydrogen-bond donors (Lipinski definition) is 0. The Balaban J connectivity index is 1.80. The summed E-state index contributed by atoms with van der Waals surface area (Å²) in [5, 5.41) is 0. The molecule has 4 heteroatoms. The van der Waals surface area contributed by atoms with E-state index in [1.807, 2.05) is 6.07 Å². The summed E-state index contributed by atoms with van der Waals surface area (Å²) in [6.45, 7) is 0.330. The third-order valence-electron chi connectivity index (χ3n) is 2.53. The first-order valence-electron chi connectivity index (χ1n) is 5.27. The van der Waals surface area contributed by atoms with Crippen LogP contribution in [0.5, 0.6) is 0 Å². The molecule has 0 aliphatic heterocycles. The van der Waals surface area contributed by atoms with Gasteiger partial charge < -0.3 is 4.74 Å². The summed E-state index contributed by atoms with van der Waals surface area (Å²) in [7, 11) is 0. The van der Waals surface area contributed by atoms with E-state index in [0.29, 0.717) is 17.5 Å². The maximum absolute atomic E-state index is 13.1. The molecule has 0 aromatic heterocycles. The molecular formula is C12H12BrFO2. The second kappa shape index (κ2) is 4.95. The summed E-state index contributed by atoms with van der Waals surface area (Å²) in [6, 6.07) is 4.93. The predicted octanol–water partition coefficient (Wildman–Crippen LogP) is 3.08. The van der Waals surface area contributed by atoms with E-state index in [0.717, 1.165) is 18.4 Å². The smallest absolute Gasteiger partial charge is 0.308 e. The number of benzene rings is 1. The Hall–Kier alpha value is -0.900. The van der Waals surface area contributed by atoms with Gasteiger partial charge in [-0.15, -0.1) is 0 Å². The minimum atomic E-state index is -0.286. The number of halogens is 2. The van der Waals surface area contributed by atoms with Crippen molar-refractivity contribution in [1.82, 2.24) is 0 Å². The van der Waals surface area contributed by atoms with Crippen LogP contribution in [0.3, 0.4) is 0 Å². The van der Waals surface area contributed by atoms with Crippen molar-refractivity contribution in [3.8, 4) is 0 Å². The van der Waals surface area contributed by atoms with E-state index in [4.69, 9.17) is 4.74 Å². The Morgan fingerprint density at radius 1 is 1.50 bits per heavy atom. The largest absolute Gasteiger partial charge is 0.465 e. The van der Waals surface area contributed by atoms with Crippen molar-refractivity contribution in [2.75, 3.05) is 6.61 Å². The molecule has 0 amide bonds. The molecule has 0 saturated heterocycles. The number of carbonyl (C=O) groups is 1. The van der Waals surface area contributed by atoms with Gasteiger partial charge >= 0.3 is 5.97 Å². The third kappa shape index (κ3) is 3.04. The zero-order valence-electron chi connectivity index (χ0n) is 8.71. The SMILES string of the molecule is O=C(OCCc1ccc(Br)c(F)c1)C1CC1. The fourth-order valence-electron chi connectivity index (χ4n) is 1.40. The van der Waals surface area contributed by atoms with Gasteiger partial charge in [0.2, 0.25) is 0 Å². The van der Waals surface area contributed by atoms with Gasteiger partial charge in [-0.25, -0.2) is 4.39 Å². The van der Waals surface area contributed by atoms with E-state index >= 15 is 0 Å². The van der Waals surface area contributed by atoms with Crippen molar-refractivity contribution in [3.05, 3.63) is 34.1 Å². The van der Waals surface area contributed by atoms with E-state index < -0.39 is 0 Å². The highest BCUT2D eigenvalue weighted by Crippen LogP contribution is 2.30. The van der Waals surface area contributed by atoms with E-state index in [-0.39, 0.29) is 17.7 Å².